The van der Waals surface area contributed by atoms with Crippen molar-refractivity contribution in [3.63, 3.8) is 0 Å². The number of phenolic OH excluding ortho intramolecular Hbond substituents is 3. The Bertz CT molecular complexity index is 1350. The third-order valence-electron chi connectivity index (χ3n) is 6.43. The molecule has 1 aliphatic rings. The highest BCUT2D eigenvalue weighted by Crippen LogP contribution is 2.55. The van der Waals surface area contributed by atoms with Gasteiger partial charge in [0.05, 0.1) is 13.5 Å². The van der Waals surface area contributed by atoms with Crippen LogP contribution >= 0.6 is 0 Å². The number of ketones is 1. The van der Waals surface area contributed by atoms with Gasteiger partial charge >= 0.3 is 0 Å². The van der Waals surface area contributed by atoms with E-state index in [2.05, 4.69) is 4.98 Å². The Morgan fingerprint density at radius 1 is 1.03 bits per heavy atom. The van der Waals surface area contributed by atoms with Gasteiger partial charge in [0, 0.05) is 23.9 Å². The number of carbonyl (C=O) groups is 1. The largest absolute Gasteiger partial charge is 0.508 e. The number of aromatic hydroxyl groups is 3. The van der Waals surface area contributed by atoms with E-state index in [1.807, 2.05) is 42.6 Å². The highest BCUT2D eigenvalue weighted by molar-refractivity contribution is 6.04. The van der Waals surface area contributed by atoms with Crippen molar-refractivity contribution >= 4 is 5.78 Å². The molecular weight excluding hydrogens is 446 g/mol. The number of benzene rings is 3. The summed E-state index contributed by atoms with van der Waals surface area (Å²) in [5.41, 5.74) is 2.97. The summed E-state index contributed by atoms with van der Waals surface area (Å²) in [5.74, 6) is -1.36. The number of aromatic nitrogens is 1. The maximum absolute atomic E-state index is 13.3. The second-order valence-corrected chi connectivity index (χ2v) is 8.56. The zero-order valence-electron chi connectivity index (χ0n) is 19.1. The van der Waals surface area contributed by atoms with Crippen molar-refractivity contribution in [2.24, 2.45) is 0 Å². The molecule has 178 valence electrons. The molecule has 0 spiro atoms. The number of fused-ring (bicyclic) bond motifs is 1. The second kappa shape index (κ2) is 9.10. The van der Waals surface area contributed by atoms with Crippen molar-refractivity contribution in [1.29, 1.82) is 0 Å². The lowest BCUT2D eigenvalue weighted by Gasteiger charge is -2.31. The monoisotopic (exact) mass is 471 g/mol. The molecule has 0 fully saturated rings. The smallest absolute Gasteiger partial charge is 0.204 e. The number of hydrogen-bond donors (Lipinski definition) is 4. The standard InChI is InChI=1S/C28H25NO6/c1-34-28-25(32)23(20(18-11-12-29-15-18)13-16-5-3-2-4-6-16)27-24(26(28)33)21(31)14-22(35-27)17-7-9-19(30)10-8-17/h2-12,15,20,22,29-30,32-33H,13-14H2,1H3. The molecule has 5 rings (SSSR count). The molecule has 0 aliphatic carbocycles. The highest BCUT2D eigenvalue weighted by atomic mass is 16.5. The minimum absolute atomic E-state index is 0.00160. The van der Waals surface area contributed by atoms with Crippen LogP contribution in [0.1, 0.15) is 51.1 Å². The molecule has 4 N–H and O–H groups in total. The molecule has 2 heterocycles. The Morgan fingerprint density at radius 3 is 2.43 bits per heavy atom. The van der Waals surface area contributed by atoms with Gasteiger partial charge in [0.2, 0.25) is 5.75 Å². The van der Waals surface area contributed by atoms with Crippen LogP contribution in [0, 0.1) is 0 Å². The second-order valence-electron chi connectivity index (χ2n) is 8.56. The Hall–Kier alpha value is -4.39. The Kier molecular flexibility index (Phi) is 5.82. The van der Waals surface area contributed by atoms with Gasteiger partial charge in [-0.15, -0.1) is 0 Å². The van der Waals surface area contributed by atoms with Crippen LogP contribution in [-0.4, -0.2) is 33.2 Å². The van der Waals surface area contributed by atoms with Gasteiger partial charge in [0.15, 0.2) is 17.3 Å². The lowest BCUT2D eigenvalue weighted by atomic mass is 9.82. The van der Waals surface area contributed by atoms with E-state index in [0.717, 1.165) is 11.1 Å². The summed E-state index contributed by atoms with van der Waals surface area (Å²) in [4.78, 5) is 16.4. The van der Waals surface area contributed by atoms with Crippen molar-refractivity contribution in [3.05, 3.63) is 101 Å². The maximum Gasteiger partial charge on any atom is 0.204 e. The number of H-pyrrole nitrogens is 1. The Morgan fingerprint density at radius 2 is 1.77 bits per heavy atom. The number of rotatable bonds is 6. The van der Waals surface area contributed by atoms with Crippen molar-refractivity contribution in [2.45, 2.75) is 24.9 Å². The summed E-state index contributed by atoms with van der Waals surface area (Å²) < 4.78 is 11.7. The highest BCUT2D eigenvalue weighted by Gasteiger charge is 2.39. The number of hydrogen-bond acceptors (Lipinski definition) is 6. The van der Waals surface area contributed by atoms with E-state index in [0.29, 0.717) is 17.5 Å². The van der Waals surface area contributed by atoms with Crippen LogP contribution in [0.3, 0.4) is 0 Å². The normalized spacial score (nSPS) is 15.8. The summed E-state index contributed by atoms with van der Waals surface area (Å²) >= 11 is 0. The average Bonchev–Trinajstić information content (AvgIpc) is 3.39. The van der Waals surface area contributed by atoms with Crippen molar-refractivity contribution < 1.29 is 29.6 Å². The fourth-order valence-corrected chi connectivity index (χ4v) is 4.71. The van der Waals surface area contributed by atoms with Crippen LogP contribution in [0.25, 0.3) is 0 Å². The van der Waals surface area contributed by atoms with Gasteiger partial charge in [0.1, 0.15) is 23.2 Å². The van der Waals surface area contributed by atoms with Crippen LogP contribution in [0.15, 0.2) is 73.1 Å². The molecule has 35 heavy (non-hydrogen) atoms. The third kappa shape index (κ3) is 4.05. The molecule has 3 aromatic carbocycles. The molecule has 1 aliphatic heterocycles. The summed E-state index contributed by atoms with van der Waals surface area (Å²) in [7, 11) is 1.33. The maximum atomic E-state index is 13.3. The van der Waals surface area contributed by atoms with Crippen molar-refractivity contribution in [2.75, 3.05) is 7.11 Å². The van der Waals surface area contributed by atoms with E-state index in [1.54, 1.807) is 18.3 Å². The minimum Gasteiger partial charge on any atom is -0.508 e. The van der Waals surface area contributed by atoms with Gasteiger partial charge in [-0.3, -0.25) is 4.79 Å². The Labute approximate surface area is 202 Å². The van der Waals surface area contributed by atoms with E-state index in [1.165, 1.54) is 19.2 Å². The molecular formula is C28H25NO6. The van der Waals surface area contributed by atoms with Gasteiger partial charge in [-0.2, -0.15) is 0 Å². The van der Waals surface area contributed by atoms with Crippen molar-refractivity contribution in [3.8, 4) is 28.7 Å². The quantitative estimate of drug-likeness (QED) is 0.307. The van der Waals surface area contributed by atoms with Gasteiger partial charge in [0.25, 0.3) is 0 Å². The number of Topliss-reactive ketones (excluding diaryl/α,β-unsaturated/α-hetero) is 1. The molecule has 2 atom stereocenters. The van der Waals surface area contributed by atoms with Gasteiger partial charge in [-0.05, 0) is 41.3 Å². The topological polar surface area (TPSA) is 112 Å². The molecule has 0 radical (unpaired) electrons. The molecule has 0 amide bonds. The third-order valence-corrected chi connectivity index (χ3v) is 6.43. The fourth-order valence-electron chi connectivity index (χ4n) is 4.71. The molecule has 4 aromatic rings. The summed E-state index contributed by atoms with van der Waals surface area (Å²) in [6.45, 7) is 0. The van der Waals surface area contributed by atoms with Gasteiger partial charge in [-0.1, -0.05) is 42.5 Å². The number of aromatic amines is 1. The molecule has 1 aromatic heterocycles. The van der Waals surface area contributed by atoms with Crippen LogP contribution in [0.5, 0.6) is 28.7 Å². The van der Waals surface area contributed by atoms with Crippen LogP contribution in [0.2, 0.25) is 0 Å². The summed E-state index contributed by atoms with van der Waals surface area (Å²) in [6, 6.07) is 18.1. The zero-order chi connectivity index (χ0) is 24.5. The predicted octanol–water partition coefficient (Wildman–Crippen LogP) is 5.22. The average molecular weight is 472 g/mol. The van der Waals surface area contributed by atoms with Crippen LogP contribution in [0.4, 0.5) is 0 Å². The van der Waals surface area contributed by atoms with Crippen molar-refractivity contribution in [1.82, 2.24) is 4.98 Å². The molecule has 2 unspecified atom stereocenters. The Balaban J connectivity index is 1.71. The van der Waals surface area contributed by atoms with Gasteiger partial charge in [-0.25, -0.2) is 0 Å². The number of methoxy groups -OCH3 is 1. The lowest BCUT2D eigenvalue weighted by molar-refractivity contribution is 0.0840. The first-order valence-electron chi connectivity index (χ1n) is 11.3. The molecule has 7 nitrogen and oxygen atoms in total. The zero-order valence-corrected chi connectivity index (χ0v) is 19.1. The van der Waals surface area contributed by atoms with E-state index < -0.39 is 17.8 Å². The van der Waals surface area contributed by atoms with E-state index in [4.69, 9.17) is 9.47 Å². The lowest BCUT2D eigenvalue weighted by Crippen LogP contribution is -2.23. The SMILES string of the molecule is COc1c(O)c2c(c(C(Cc3ccccc3)c3cc[nH]c3)c1O)OC(c1ccc(O)cc1)CC2=O. The van der Waals surface area contributed by atoms with E-state index >= 15 is 0 Å². The van der Waals surface area contributed by atoms with E-state index in [-0.39, 0.29) is 40.8 Å². The molecule has 0 saturated heterocycles. The molecule has 7 heteroatoms. The number of ether oxygens (including phenoxy) is 2. The van der Waals surface area contributed by atoms with Crippen LogP contribution < -0.4 is 9.47 Å². The first-order valence-corrected chi connectivity index (χ1v) is 11.3. The summed E-state index contributed by atoms with van der Waals surface area (Å²) in [6.07, 6.45) is 3.48. The number of nitrogens with one attached hydrogen (secondary N) is 1. The van der Waals surface area contributed by atoms with E-state index in [9.17, 15) is 20.1 Å². The number of carbonyl (C=O) groups excluding carboxylic acids is 1. The molecule has 0 saturated carbocycles. The minimum atomic E-state index is -0.648. The van der Waals surface area contributed by atoms with Crippen LogP contribution in [-0.2, 0) is 6.42 Å². The van der Waals surface area contributed by atoms with Gasteiger partial charge < -0.3 is 29.8 Å². The molecule has 0 bridgehead atoms. The first-order chi connectivity index (χ1) is 17.0. The first kappa shape index (κ1) is 22.4. The number of phenols is 3. The predicted molar refractivity (Wildman–Crippen MR) is 130 cm³/mol. The summed E-state index contributed by atoms with van der Waals surface area (Å²) in [5, 5.41) is 31.9. The fraction of sp³-hybridized carbons (Fsp3) is 0.179.